The van der Waals surface area contributed by atoms with E-state index in [0.29, 0.717) is 0 Å². The van der Waals surface area contributed by atoms with Crippen molar-refractivity contribution in [2.24, 2.45) is 5.73 Å². The molecular formula is C15H25NO3. The van der Waals surface area contributed by atoms with Crippen LogP contribution in [0, 0.1) is 0 Å². The Bertz CT molecular complexity index is 410. The normalized spacial score (nSPS) is 14.9. The van der Waals surface area contributed by atoms with E-state index >= 15 is 0 Å². The molecule has 0 aliphatic carbocycles. The quantitative estimate of drug-likeness (QED) is 0.891. The zero-order valence-electron chi connectivity index (χ0n) is 12.7. The number of methoxy groups -OCH3 is 2. The summed E-state index contributed by atoms with van der Waals surface area (Å²) in [5.74, 6) is 1.52. The lowest BCUT2D eigenvalue weighted by Crippen LogP contribution is -2.33. The first kappa shape index (κ1) is 15.8. The Hall–Kier alpha value is -1.26. The number of benzene rings is 1. The molecule has 0 aromatic heterocycles. The molecule has 0 radical (unpaired) electrons. The van der Waals surface area contributed by atoms with Crippen LogP contribution in [0.1, 0.15) is 39.4 Å². The fraction of sp³-hybridized carbons (Fsp3) is 0.600. The van der Waals surface area contributed by atoms with E-state index in [1.165, 1.54) is 0 Å². The molecule has 19 heavy (non-hydrogen) atoms. The number of nitrogens with two attached hydrogens (primary N) is 1. The average molecular weight is 267 g/mol. The predicted molar refractivity (Wildman–Crippen MR) is 76.8 cm³/mol. The zero-order valence-corrected chi connectivity index (χ0v) is 12.7. The average Bonchev–Trinajstić information content (AvgIpc) is 2.33. The Kier molecular flexibility index (Phi) is 5.20. The maximum atomic E-state index is 6.07. The van der Waals surface area contributed by atoms with Gasteiger partial charge in [-0.15, -0.1) is 0 Å². The second kappa shape index (κ2) is 6.26. The molecule has 0 bridgehead atoms. The zero-order chi connectivity index (χ0) is 14.6. The molecule has 2 atom stereocenters. The topological polar surface area (TPSA) is 53.7 Å². The minimum atomic E-state index is -0.285. The molecule has 0 spiro atoms. The maximum absolute atomic E-state index is 6.07. The van der Waals surface area contributed by atoms with E-state index < -0.39 is 0 Å². The van der Waals surface area contributed by atoms with Crippen LogP contribution in [0.4, 0.5) is 0 Å². The Labute approximate surface area is 115 Å². The largest absolute Gasteiger partial charge is 0.497 e. The fourth-order valence-corrected chi connectivity index (χ4v) is 1.90. The fourth-order valence-electron chi connectivity index (χ4n) is 1.90. The van der Waals surface area contributed by atoms with E-state index in [2.05, 4.69) is 0 Å². The van der Waals surface area contributed by atoms with Gasteiger partial charge in [-0.05, 0) is 45.9 Å². The molecule has 0 fully saturated rings. The molecule has 2 unspecified atom stereocenters. The highest BCUT2D eigenvalue weighted by Crippen LogP contribution is 2.35. The van der Waals surface area contributed by atoms with Gasteiger partial charge in [0.25, 0.3) is 0 Å². The molecule has 0 amide bonds. The highest BCUT2D eigenvalue weighted by atomic mass is 16.5. The Balaban J connectivity index is 3.20. The summed E-state index contributed by atoms with van der Waals surface area (Å²) in [5, 5.41) is 0. The van der Waals surface area contributed by atoms with Gasteiger partial charge in [0.1, 0.15) is 17.6 Å². The third-order valence-electron chi connectivity index (χ3n) is 2.70. The molecule has 108 valence electrons. The highest BCUT2D eigenvalue weighted by Gasteiger charge is 2.26. The highest BCUT2D eigenvalue weighted by molar-refractivity contribution is 5.42. The van der Waals surface area contributed by atoms with Gasteiger partial charge in [-0.1, -0.05) is 0 Å². The molecule has 0 aliphatic rings. The van der Waals surface area contributed by atoms with Crippen molar-refractivity contribution < 1.29 is 14.2 Å². The van der Waals surface area contributed by atoms with Crippen molar-refractivity contribution in [1.82, 2.24) is 0 Å². The van der Waals surface area contributed by atoms with E-state index in [4.69, 9.17) is 19.9 Å². The number of ether oxygens (including phenoxy) is 3. The summed E-state index contributed by atoms with van der Waals surface area (Å²) in [7, 11) is 3.28. The van der Waals surface area contributed by atoms with Gasteiger partial charge in [-0.25, -0.2) is 0 Å². The first-order chi connectivity index (χ1) is 8.78. The van der Waals surface area contributed by atoms with Crippen LogP contribution >= 0.6 is 0 Å². The summed E-state index contributed by atoms with van der Waals surface area (Å²) in [5.41, 5.74) is 6.69. The maximum Gasteiger partial charge on any atom is 0.125 e. The van der Waals surface area contributed by atoms with Crippen molar-refractivity contribution in [1.29, 1.82) is 0 Å². The number of rotatable bonds is 5. The van der Waals surface area contributed by atoms with Crippen LogP contribution in [-0.2, 0) is 4.74 Å². The van der Waals surface area contributed by atoms with Crippen molar-refractivity contribution in [3.8, 4) is 11.5 Å². The van der Waals surface area contributed by atoms with Crippen LogP contribution in [0.5, 0.6) is 11.5 Å². The first-order valence-electron chi connectivity index (χ1n) is 6.44. The van der Waals surface area contributed by atoms with Crippen LogP contribution in [0.3, 0.4) is 0 Å². The van der Waals surface area contributed by atoms with E-state index in [1.54, 1.807) is 14.2 Å². The van der Waals surface area contributed by atoms with E-state index in [9.17, 15) is 0 Å². The molecular weight excluding hydrogens is 242 g/mol. The molecule has 0 aliphatic heterocycles. The monoisotopic (exact) mass is 267 g/mol. The van der Waals surface area contributed by atoms with Crippen LogP contribution in [-0.4, -0.2) is 25.9 Å². The van der Waals surface area contributed by atoms with E-state index in [0.717, 1.165) is 17.1 Å². The lowest BCUT2D eigenvalue weighted by Gasteiger charge is -2.31. The van der Waals surface area contributed by atoms with E-state index in [1.807, 2.05) is 45.9 Å². The van der Waals surface area contributed by atoms with Crippen LogP contribution in [0.25, 0.3) is 0 Å². The van der Waals surface area contributed by atoms with Crippen LogP contribution < -0.4 is 15.2 Å². The van der Waals surface area contributed by atoms with Crippen molar-refractivity contribution in [2.75, 3.05) is 14.2 Å². The standard InChI is InChI=1S/C15H25NO3/c1-10(16)14(19-15(2,3)4)12-9-11(17-5)7-8-13(12)18-6/h7-10,14H,16H2,1-6H3. The van der Waals surface area contributed by atoms with Gasteiger partial charge >= 0.3 is 0 Å². The molecule has 4 nitrogen and oxygen atoms in total. The summed E-state index contributed by atoms with van der Waals surface area (Å²) >= 11 is 0. The van der Waals surface area contributed by atoms with Gasteiger partial charge in [-0.2, -0.15) is 0 Å². The third-order valence-corrected chi connectivity index (χ3v) is 2.70. The summed E-state index contributed by atoms with van der Waals surface area (Å²) in [4.78, 5) is 0. The second-order valence-corrected chi connectivity index (χ2v) is 5.62. The summed E-state index contributed by atoms with van der Waals surface area (Å²) in [6, 6.07) is 5.49. The van der Waals surface area contributed by atoms with Crippen molar-refractivity contribution >= 4 is 0 Å². The molecule has 1 aromatic rings. The van der Waals surface area contributed by atoms with Crippen molar-refractivity contribution in [3.05, 3.63) is 23.8 Å². The molecule has 0 heterocycles. The lowest BCUT2D eigenvalue weighted by atomic mass is 10.0. The molecule has 0 saturated heterocycles. The second-order valence-electron chi connectivity index (χ2n) is 5.62. The third kappa shape index (κ3) is 4.40. The van der Waals surface area contributed by atoms with Gasteiger partial charge in [0.2, 0.25) is 0 Å². The van der Waals surface area contributed by atoms with Crippen LogP contribution in [0.2, 0.25) is 0 Å². The van der Waals surface area contributed by atoms with Crippen molar-refractivity contribution in [3.63, 3.8) is 0 Å². The smallest absolute Gasteiger partial charge is 0.125 e. The molecule has 1 rings (SSSR count). The van der Waals surface area contributed by atoms with Gasteiger partial charge in [0.05, 0.1) is 19.8 Å². The molecule has 4 heteroatoms. The lowest BCUT2D eigenvalue weighted by molar-refractivity contribution is -0.0709. The van der Waals surface area contributed by atoms with Gasteiger partial charge in [0.15, 0.2) is 0 Å². The Morgan fingerprint density at radius 1 is 1.11 bits per heavy atom. The van der Waals surface area contributed by atoms with Gasteiger partial charge in [0, 0.05) is 11.6 Å². The van der Waals surface area contributed by atoms with Gasteiger partial charge in [-0.3, -0.25) is 0 Å². The van der Waals surface area contributed by atoms with E-state index in [-0.39, 0.29) is 17.7 Å². The molecule has 2 N–H and O–H groups in total. The first-order valence-corrected chi connectivity index (χ1v) is 6.44. The minimum absolute atomic E-state index is 0.153. The van der Waals surface area contributed by atoms with Crippen molar-refractivity contribution in [2.45, 2.75) is 45.4 Å². The summed E-state index contributed by atoms with van der Waals surface area (Å²) in [6.07, 6.45) is -0.245. The molecule has 1 aromatic carbocycles. The predicted octanol–water partition coefficient (Wildman–Crippen LogP) is 2.91. The Morgan fingerprint density at radius 3 is 2.16 bits per heavy atom. The van der Waals surface area contributed by atoms with Gasteiger partial charge < -0.3 is 19.9 Å². The van der Waals surface area contributed by atoms with Crippen LogP contribution in [0.15, 0.2) is 18.2 Å². The summed E-state index contributed by atoms with van der Waals surface area (Å²) < 4.78 is 16.7. The molecule has 0 saturated carbocycles. The SMILES string of the molecule is COc1ccc(OC)c(C(OC(C)(C)C)C(C)N)c1. The minimum Gasteiger partial charge on any atom is -0.497 e. The Morgan fingerprint density at radius 2 is 1.74 bits per heavy atom. The number of hydrogen-bond acceptors (Lipinski definition) is 4. The summed E-state index contributed by atoms with van der Waals surface area (Å²) in [6.45, 7) is 7.95. The number of hydrogen-bond donors (Lipinski definition) is 1.